The van der Waals surface area contributed by atoms with E-state index in [4.69, 9.17) is 32.9 Å². The fourth-order valence-corrected chi connectivity index (χ4v) is 4.48. The normalized spacial score (nSPS) is 14.7. The molecule has 7 nitrogen and oxygen atoms in total. The minimum absolute atomic E-state index is 0.353. The SMILES string of the molecule is COCc1nc(NCc2cc(Cl)ccc2Cl)cc(N2CCN(Cc3cncs3)CC2)n1. The Kier molecular flexibility index (Phi) is 7.58. The van der Waals surface area contributed by atoms with Crippen LogP contribution in [0.4, 0.5) is 11.6 Å². The van der Waals surface area contributed by atoms with Gasteiger partial charge in [0.2, 0.25) is 0 Å². The molecule has 10 heteroatoms. The zero-order chi connectivity index (χ0) is 21.6. The molecule has 0 saturated carbocycles. The Morgan fingerprint density at radius 3 is 2.71 bits per heavy atom. The highest BCUT2D eigenvalue weighted by Crippen LogP contribution is 2.23. The Labute approximate surface area is 196 Å². The highest BCUT2D eigenvalue weighted by Gasteiger charge is 2.20. The van der Waals surface area contributed by atoms with Gasteiger partial charge in [-0.15, -0.1) is 11.3 Å². The van der Waals surface area contributed by atoms with Crippen LogP contribution < -0.4 is 10.2 Å². The van der Waals surface area contributed by atoms with Crippen molar-refractivity contribution in [3.05, 3.63) is 62.3 Å². The first kappa shape index (κ1) is 22.2. The zero-order valence-corrected chi connectivity index (χ0v) is 19.6. The molecule has 0 atom stereocenters. The molecule has 1 fully saturated rings. The molecular formula is C21H24Cl2N6OS. The molecule has 3 aromatic rings. The summed E-state index contributed by atoms with van der Waals surface area (Å²) >= 11 is 14.1. The van der Waals surface area contributed by atoms with Gasteiger partial charge in [0.25, 0.3) is 0 Å². The van der Waals surface area contributed by atoms with E-state index in [1.54, 1.807) is 30.6 Å². The molecule has 0 bridgehead atoms. The third-order valence-corrected chi connectivity index (χ3v) is 6.43. The van der Waals surface area contributed by atoms with E-state index in [0.29, 0.717) is 29.0 Å². The molecule has 0 aliphatic carbocycles. The quantitative estimate of drug-likeness (QED) is 0.516. The molecule has 0 amide bonds. The monoisotopic (exact) mass is 478 g/mol. The lowest BCUT2D eigenvalue weighted by atomic mass is 10.2. The number of benzene rings is 1. The molecule has 31 heavy (non-hydrogen) atoms. The number of nitrogens with zero attached hydrogens (tertiary/aromatic N) is 5. The van der Waals surface area contributed by atoms with Gasteiger partial charge >= 0.3 is 0 Å². The lowest BCUT2D eigenvalue weighted by molar-refractivity contribution is 0.178. The van der Waals surface area contributed by atoms with Crippen LogP contribution in [0.2, 0.25) is 10.0 Å². The van der Waals surface area contributed by atoms with Crippen LogP contribution >= 0.6 is 34.5 Å². The molecule has 2 aromatic heterocycles. The van der Waals surface area contributed by atoms with Crippen LogP contribution in [0.15, 0.2) is 36.0 Å². The summed E-state index contributed by atoms with van der Waals surface area (Å²) in [7, 11) is 1.65. The summed E-state index contributed by atoms with van der Waals surface area (Å²) in [4.78, 5) is 19.5. The molecule has 0 radical (unpaired) electrons. The van der Waals surface area contributed by atoms with Crippen LogP contribution in [-0.4, -0.2) is 53.1 Å². The maximum Gasteiger partial charge on any atom is 0.158 e. The van der Waals surface area contributed by atoms with Crippen molar-refractivity contribution in [1.29, 1.82) is 0 Å². The van der Waals surface area contributed by atoms with Gasteiger partial charge in [0, 0.05) is 73.6 Å². The number of aromatic nitrogens is 3. The largest absolute Gasteiger partial charge is 0.377 e. The van der Waals surface area contributed by atoms with Gasteiger partial charge in [0.1, 0.15) is 18.2 Å². The predicted octanol–water partition coefficient (Wildman–Crippen LogP) is 4.32. The summed E-state index contributed by atoms with van der Waals surface area (Å²) in [5.41, 5.74) is 2.80. The van der Waals surface area contributed by atoms with Gasteiger partial charge in [-0.3, -0.25) is 9.88 Å². The fourth-order valence-electron chi connectivity index (χ4n) is 3.47. The number of halogens is 2. The van der Waals surface area contributed by atoms with Crippen molar-refractivity contribution in [3.63, 3.8) is 0 Å². The smallest absolute Gasteiger partial charge is 0.158 e. The van der Waals surface area contributed by atoms with E-state index < -0.39 is 0 Å². The average Bonchev–Trinajstić information content (AvgIpc) is 3.28. The van der Waals surface area contributed by atoms with E-state index in [1.807, 2.05) is 23.8 Å². The van der Waals surface area contributed by atoms with E-state index in [9.17, 15) is 0 Å². The van der Waals surface area contributed by atoms with Crippen LogP contribution in [0, 0.1) is 0 Å². The maximum absolute atomic E-state index is 6.29. The van der Waals surface area contributed by atoms with E-state index in [-0.39, 0.29) is 0 Å². The van der Waals surface area contributed by atoms with Crippen LogP contribution in [-0.2, 0) is 24.4 Å². The molecular weight excluding hydrogens is 455 g/mol. The summed E-state index contributed by atoms with van der Waals surface area (Å²) in [6.45, 7) is 5.58. The summed E-state index contributed by atoms with van der Waals surface area (Å²) in [6.07, 6.45) is 1.95. The second-order valence-corrected chi connectivity index (χ2v) is 9.10. The second kappa shape index (κ2) is 10.6. The number of ether oxygens (including phenoxy) is 1. The lowest BCUT2D eigenvalue weighted by Gasteiger charge is -2.35. The first-order chi connectivity index (χ1) is 15.1. The van der Waals surface area contributed by atoms with Crippen LogP contribution in [0.3, 0.4) is 0 Å². The van der Waals surface area contributed by atoms with E-state index >= 15 is 0 Å². The van der Waals surface area contributed by atoms with Gasteiger partial charge < -0.3 is 15.0 Å². The molecule has 1 aliphatic rings. The third kappa shape index (κ3) is 6.05. The van der Waals surface area contributed by atoms with Gasteiger partial charge in [-0.25, -0.2) is 9.97 Å². The van der Waals surface area contributed by atoms with Crippen molar-refractivity contribution in [2.75, 3.05) is 43.5 Å². The zero-order valence-electron chi connectivity index (χ0n) is 17.2. The molecule has 0 spiro atoms. The van der Waals surface area contributed by atoms with Gasteiger partial charge in [-0.1, -0.05) is 23.2 Å². The standard InChI is InChI=1S/C21H24Cl2N6OS/c1-30-13-20-26-19(25-10-15-8-16(22)2-3-18(15)23)9-21(27-20)29-6-4-28(5-7-29)12-17-11-24-14-31-17/h2-3,8-9,11,14H,4-7,10,12-13H2,1H3,(H,25,26,27). The van der Waals surface area contributed by atoms with Crippen LogP contribution in [0.5, 0.6) is 0 Å². The molecule has 1 aliphatic heterocycles. The van der Waals surface area contributed by atoms with Crippen molar-refractivity contribution in [2.45, 2.75) is 19.7 Å². The first-order valence-corrected chi connectivity index (χ1v) is 11.6. The minimum Gasteiger partial charge on any atom is -0.377 e. The van der Waals surface area contributed by atoms with E-state index in [1.165, 1.54) is 4.88 Å². The fraction of sp³-hybridized carbons (Fsp3) is 0.381. The number of anilines is 2. The lowest BCUT2D eigenvalue weighted by Crippen LogP contribution is -2.46. The van der Waals surface area contributed by atoms with Crippen LogP contribution in [0.1, 0.15) is 16.3 Å². The molecule has 1 aromatic carbocycles. The summed E-state index contributed by atoms with van der Waals surface area (Å²) in [6, 6.07) is 7.42. The van der Waals surface area contributed by atoms with Gasteiger partial charge in [0.05, 0.1) is 5.51 Å². The highest BCUT2D eigenvalue weighted by molar-refractivity contribution is 7.09. The van der Waals surface area contributed by atoms with Gasteiger partial charge in [-0.2, -0.15) is 0 Å². The first-order valence-electron chi connectivity index (χ1n) is 10.00. The molecule has 4 rings (SSSR count). The predicted molar refractivity (Wildman–Crippen MR) is 126 cm³/mol. The summed E-state index contributed by atoms with van der Waals surface area (Å²) < 4.78 is 5.28. The Balaban J connectivity index is 1.43. The average molecular weight is 479 g/mol. The summed E-state index contributed by atoms with van der Waals surface area (Å²) in [5.74, 6) is 2.28. The van der Waals surface area contributed by atoms with Crippen molar-refractivity contribution in [1.82, 2.24) is 19.9 Å². The van der Waals surface area contributed by atoms with E-state index in [2.05, 4.69) is 25.1 Å². The Morgan fingerprint density at radius 2 is 1.97 bits per heavy atom. The third-order valence-electron chi connectivity index (χ3n) is 5.06. The molecule has 164 valence electrons. The van der Waals surface area contributed by atoms with Crippen LogP contribution in [0.25, 0.3) is 0 Å². The van der Waals surface area contributed by atoms with Crippen molar-refractivity contribution < 1.29 is 4.74 Å². The number of piperazine rings is 1. The molecule has 1 N–H and O–H groups in total. The number of nitrogens with one attached hydrogen (secondary N) is 1. The van der Waals surface area contributed by atoms with Crippen molar-refractivity contribution in [2.24, 2.45) is 0 Å². The topological polar surface area (TPSA) is 66.4 Å². The molecule has 0 unspecified atom stereocenters. The van der Waals surface area contributed by atoms with Gasteiger partial charge in [-0.05, 0) is 23.8 Å². The Bertz CT molecular complexity index is 996. The Morgan fingerprint density at radius 1 is 1.13 bits per heavy atom. The number of hydrogen-bond donors (Lipinski definition) is 1. The van der Waals surface area contributed by atoms with Crippen molar-refractivity contribution >= 4 is 46.2 Å². The van der Waals surface area contributed by atoms with Crippen molar-refractivity contribution in [3.8, 4) is 0 Å². The molecule has 1 saturated heterocycles. The maximum atomic E-state index is 6.29. The van der Waals surface area contributed by atoms with E-state index in [0.717, 1.165) is 49.9 Å². The number of methoxy groups -OCH3 is 1. The summed E-state index contributed by atoms with van der Waals surface area (Å²) in [5, 5.41) is 4.67. The second-order valence-electron chi connectivity index (χ2n) is 7.28. The highest BCUT2D eigenvalue weighted by atomic mass is 35.5. The number of rotatable bonds is 8. The number of thiazole rings is 1. The van der Waals surface area contributed by atoms with Gasteiger partial charge in [0.15, 0.2) is 5.82 Å². The number of hydrogen-bond acceptors (Lipinski definition) is 8. The Hall–Kier alpha value is -1.97. The molecule has 3 heterocycles. The minimum atomic E-state index is 0.353.